The first kappa shape index (κ1) is 10.9. The maximum Gasteiger partial charge on any atom is 0.223 e. The van der Waals surface area contributed by atoms with Crippen molar-refractivity contribution in [1.29, 1.82) is 0 Å². The van der Waals surface area contributed by atoms with Crippen molar-refractivity contribution in [2.75, 3.05) is 13.1 Å². The van der Waals surface area contributed by atoms with E-state index in [0.29, 0.717) is 24.3 Å². The number of hydrogen-bond acceptors (Lipinski definition) is 2. The Morgan fingerprint density at radius 2 is 2.27 bits per heavy atom. The van der Waals surface area contributed by atoms with Gasteiger partial charge in [0.25, 0.3) is 0 Å². The summed E-state index contributed by atoms with van der Waals surface area (Å²) < 4.78 is 0. The van der Waals surface area contributed by atoms with Crippen molar-refractivity contribution in [1.82, 2.24) is 5.32 Å². The molecule has 2 saturated carbocycles. The molecule has 2 bridgehead atoms. The van der Waals surface area contributed by atoms with Crippen LogP contribution in [0.3, 0.4) is 0 Å². The molecule has 3 N–H and O–H groups in total. The van der Waals surface area contributed by atoms with Crippen LogP contribution in [0.5, 0.6) is 0 Å². The SMILES string of the molecule is CC(CN)CNC(=O)C1CC2CCC1C2. The zero-order chi connectivity index (χ0) is 10.8. The first-order valence-corrected chi connectivity index (χ1v) is 6.18. The second-order valence-electron chi connectivity index (χ2n) is 5.37. The van der Waals surface area contributed by atoms with Gasteiger partial charge in [-0.25, -0.2) is 0 Å². The van der Waals surface area contributed by atoms with E-state index in [9.17, 15) is 4.79 Å². The highest BCUT2D eigenvalue weighted by molar-refractivity contribution is 5.79. The first-order chi connectivity index (χ1) is 7.20. The number of rotatable bonds is 4. The van der Waals surface area contributed by atoms with Crippen LogP contribution in [0.25, 0.3) is 0 Å². The lowest BCUT2D eigenvalue weighted by molar-refractivity contribution is -0.126. The Balaban J connectivity index is 1.77. The smallest absolute Gasteiger partial charge is 0.223 e. The largest absolute Gasteiger partial charge is 0.356 e. The van der Waals surface area contributed by atoms with E-state index in [2.05, 4.69) is 12.2 Å². The molecule has 2 aliphatic rings. The number of nitrogens with two attached hydrogens (primary N) is 1. The van der Waals surface area contributed by atoms with E-state index in [1.165, 1.54) is 19.3 Å². The molecule has 2 aliphatic carbocycles. The van der Waals surface area contributed by atoms with Crippen LogP contribution in [0.15, 0.2) is 0 Å². The van der Waals surface area contributed by atoms with Gasteiger partial charge in [0, 0.05) is 12.5 Å². The van der Waals surface area contributed by atoms with Crippen molar-refractivity contribution in [3.05, 3.63) is 0 Å². The fourth-order valence-corrected chi connectivity index (χ4v) is 3.06. The Labute approximate surface area is 91.8 Å². The van der Waals surface area contributed by atoms with Crippen LogP contribution < -0.4 is 11.1 Å². The van der Waals surface area contributed by atoms with Crippen molar-refractivity contribution >= 4 is 5.91 Å². The van der Waals surface area contributed by atoms with Gasteiger partial charge in [-0.1, -0.05) is 13.3 Å². The van der Waals surface area contributed by atoms with E-state index in [1.54, 1.807) is 0 Å². The molecule has 0 radical (unpaired) electrons. The highest BCUT2D eigenvalue weighted by Gasteiger charge is 2.42. The molecule has 0 aromatic rings. The second-order valence-corrected chi connectivity index (χ2v) is 5.37. The quantitative estimate of drug-likeness (QED) is 0.731. The standard InChI is InChI=1S/C12H22N2O/c1-8(6-13)7-14-12(15)11-5-9-2-3-10(11)4-9/h8-11H,2-7,13H2,1H3,(H,14,15). The molecule has 3 heteroatoms. The van der Waals surface area contributed by atoms with Gasteiger partial charge in [-0.3, -0.25) is 4.79 Å². The number of hydrogen-bond donors (Lipinski definition) is 2. The van der Waals surface area contributed by atoms with Crippen molar-refractivity contribution in [3.63, 3.8) is 0 Å². The molecule has 2 fully saturated rings. The Kier molecular flexibility index (Phi) is 3.29. The van der Waals surface area contributed by atoms with Gasteiger partial charge in [0.15, 0.2) is 0 Å². The first-order valence-electron chi connectivity index (χ1n) is 6.18. The molecular formula is C12H22N2O. The zero-order valence-corrected chi connectivity index (χ0v) is 9.54. The number of carbonyl (C=O) groups is 1. The lowest BCUT2D eigenvalue weighted by Crippen LogP contribution is -2.37. The predicted molar refractivity (Wildman–Crippen MR) is 60.2 cm³/mol. The summed E-state index contributed by atoms with van der Waals surface area (Å²) in [6.45, 7) is 3.46. The molecule has 0 aromatic carbocycles. The number of amides is 1. The summed E-state index contributed by atoms with van der Waals surface area (Å²) in [6.07, 6.45) is 5.06. The summed E-state index contributed by atoms with van der Waals surface area (Å²) in [4.78, 5) is 11.9. The highest BCUT2D eigenvalue weighted by atomic mass is 16.1. The van der Waals surface area contributed by atoms with Gasteiger partial charge >= 0.3 is 0 Å². The fourth-order valence-electron chi connectivity index (χ4n) is 3.06. The Bertz CT molecular complexity index is 242. The molecule has 1 amide bonds. The number of nitrogens with one attached hydrogen (secondary N) is 1. The average Bonchev–Trinajstić information content (AvgIpc) is 2.86. The summed E-state index contributed by atoms with van der Waals surface area (Å²) in [5, 5.41) is 3.04. The van der Waals surface area contributed by atoms with Crippen LogP contribution in [0.1, 0.15) is 32.6 Å². The van der Waals surface area contributed by atoms with Gasteiger partial charge in [-0.05, 0) is 43.6 Å². The van der Waals surface area contributed by atoms with Gasteiger partial charge in [0.05, 0.1) is 0 Å². The summed E-state index contributed by atoms with van der Waals surface area (Å²) in [5.74, 6) is 2.52. The van der Waals surface area contributed by atoms with E-state index in [-0.39, 0.29) is 5.91 Å². The number of fused-ring (bicyclic) bond motifs is 2. The van der Waals surface area contributed by atoms with Crippen molar-refractivity contribution in [2.45, 2.75) is 32.6 Å². The molecule has 15 heavy (non-hydrogen) atoms. The molecule has 0 aromatic heterocycles. The number of carbonyl (C=O) groups excluding carboxylic acids is 1. The molecule has 3 nitrogen and oxygen atoms in total. The van der Waals surface area contributed by atoms with E-state index in [0.717, 1.165) is 18.9 Å². The Morgan fingerprint density at radius 3 is 2.80 bits per heavy atom. The van der Waals surface area contributed by atoms with Crippen LogP contribution >= 0.6 is 0 Å². The Morgan fingerprint density at radius 1 is 1.47 bits per heavy atom. The highest BCUT2D eigenvalue weighted by Crippen LogP contribution is 2.48. The molecule has 0 spiro atoms. The molecular weight excluding hydrogens is 188 g/mol. The van der Waals surface area contributed by atoms with Gasteiger partial charge in [-0.2, -0.15) is 0 Å². The zero-order valence-electron chi connectivity index (χ0n) is 9.54. The monoisotopic (exact) mass is 210 g/mol. The minimum atomic E-state index is 0.280. The van der Waals surface area contributed by atoms with Crippen LogP contribution in [-0.4, -0.2) is 19.0 Å². The second kappa shape index (κ2) is 4.52. The van der Waals surface area contributed by atoms with E-state index >= 15 is 0 Å². The lowest BCUT2D eigenvalue weighted by Gasteiger charge is -2.21. The van der Waals surface area contributed by atoms with Gasteiger partial charge in [-0.15, -0.1) is 0 Å². The predicted octanol–water partition coefficient (Wildman–Crippen LogP) is 1.13. The third-order valence-corrected chi connectivity index (χ3v) is 4.10. The van der Waals surface area contributed by atoms with Crippen molar-refractivity contribution in [2.24, 2.45) is 29.4 Å². The molecule has 4 unspecified atom stereocenters. The van der Waals surface area contributed by atoms with Crippen molar-refractivity contribution in [3.8, 4) is 0 Å². The molecule has 2 rings (SSSR count). The van der Waals surface area contributed by atoms with Gasteiger partial charge in [0.1, 0.15) is 0 Å². The maximum absolute atomic E-state index is 11.9. The summed E-state index contributed by atoms with van der Waals surface area (Å²) in [6, 6.07) is 0. The van der Waals surface area contributed by atoms with Gasteiger partial charge in [0.2, 0.25) is 5.91 Å². The molecule has 86 valence electrons. The summed E-state index contributed by atoms with van der Waals surface area (Å²) in [5.41, 5.74) is 5.52. The third kappa shape index (κ3) is 2.33. The van der Waals surface area contributed by atoms with E-state index in [4.69, 9.17) is 5.73 Å². The minimum Gasteiger partial charge on any atom is -0.356 e. The lowest BCUT2D eigenvalue weighted by atomic mass is 9.88. The van der Waals surface area contributed by atoms with E-state index in [1.807, 2.05) is 0 Å². The van der Waals surface area contributed by atoms with Crippen LogP contribution in [-0.2, 0) is 4.79 Å². The third-order valence-electron chi connectivity index (χ3n) is 4.10. The van der Waals surface area contributed by atoms with Crippen molar-refractivity contribution < 1.29 is 4.79 Å². The average molecular weight is 210 g/mol. The fraction of sp³-hybridized carbons (Fsp3) is 0.917. The van der Waals surface area contributed by atoms with Gasteiger partial charge < -0.3 is 11.1 Å². The topological polar surface area (TPSA) is 55.1 Å². The maximum atomic E-state index is 11.9. The van der Waals surface area contributed by atoms with Crippen LogP contribution in [0.2, 0.25) is 0 Å². The summed E-state index contributed by atoms with van der Waals surface area (Å²) in [7, 11) is 0. The van der Waals surface area contributed by atoms with Crippen LogP contribution in [0.4, 0.5) is 0 Å². The molecule has 0 heterocycles. The molecule has 4 atom stereocenters. The minimum absolute atomic E-state index is 0.280. The molecule has 0 aliphatic heterocycles. The normalized spacial score (nSPS) is 35.5. The van der Waals surface area contributed by atoms with Crippen LogP contribution in [0, 0.1) is 23.7 Å². The summed E-state index contributed by atoms with van der Waals surface area (Å²) >= 11 is 0. The Hall–Kier alpha value is -0.570. The van der Waals surface area contributed by atoms with E-state index < -0.39 is 0 Å². The molecule has 0 saturated heterocycles.